The highest BCUT2D eigenvalue weighted by Crippen LogP contribution is 2.28. The molecule has 0 aliphatic carbocycles. The summed E-state index contributed by atoms with van der Waals surface area (Å²) in [5, 5.41) is 18.5. The highest BCUT2D eigenvalue weighted by molar-refractivity contribution is 5.91. The number of nitrogens with zero attached hydrogens (tertiary/aromatic N) is 2. The van der Waals surface area contributed by atoms with Crippen LogP contribution >= 0.6 is 0 Å². The maximum absolute atomic E-state index is 9.49. The SMILES string of the molecule is C#CCOc1ccc(OC)cc1/C=C(/C#N)c1cccc(C#N)c1. The summed E-state index contributed by atoms with van der Waals surface area (Å²) in [7, 11) is 1.56. The lowest BCUT2D eigenvalue weighted by atomic mass is 10.0. The van der Waals surface area contributed by atoms with Crippen molar-refractivity contribution in [2.24, 2.45) is 0 Å². The van der Waals surface area contributed by atoms with Crippen molar-refractivity contribution >= 4 is 11.6 Å². The molecule has 2 rings (SSSR count). The zero-order valence-corrected chi connectivity index (χ0v) is 13.1. The van der Waals surface area contributed by atoms with E-state index >= 15 is 0 Å². The van der Waals surface area contributed by atoms with Crippen LogP contribution in [0.3, 0.4) is 0 Å². The Morgan fingerprint density at radius 2 is 2.04 bits per heavy atom. The van der Waals surface area contributed by atoms with Gasteiger partial charge in [0.15, 0.2) is 0 Å². The fraction of sp³-hybridized carbons (Fsp3) is 0.100. The van der Waals surface area contributed by atoms with Crippen LogP contribution in [0.5, 0.6) is 11.5 Å². The van der Waals surface area contributed by atoms with Gasteiger partial charge in [-0.05, 0) is 42.0 Å². The number of rotatable bonds is 5. The average Bonchev–Trinajstić information content (AvgIpc) is 2.64. The third-order valence-corrected chi connectivity index (χ3v) is 3.25. The predicted molar refractivity (Wildman–Crippen MR) is 92.0 cm³/mol. The zero-order chi connectivity index (χ0) is 17.4. The normalized spacial score (nSPS) is 10.2. The number of terminal acetylenes is 1. The van der Waals surface area contributed by atoms with Crippen molar-refractivity contribution in [1.29, 1.82) is 10.5 Å². The first kappa shape index (κ1) is 16.7. The number of nitriles is 2. The molecule has 0 saturated carbocycles. The monoisotopic (exact) mass is 314 g/mol. The second-order valence-electron chi connectivity index (χ2n) is 4.76. The smallest absolute Gasteiger partial charge is 0.148 e. The average molecular weight is 314 g/mol. The molecule has 0 fully saturated rings. The third-order valence-electron chi connectivity index (χ3n) is 3.25. The largest absolute Gasteiger partial charge is 0.497 e. The summed E-state index contributed by atoms with van der Waals surface area (Å²) < 4.78 is 10.7. The Bertz CT molecular complexity index is 893. The lowest BCUT2D eigenvalue weighted by Gasteiger charge is -2.09. The molecule has 0 spiro atoms. The zero-order valence-electron chi connectivity index (χ0n) is 13.1. The summed E-state index contributed by atoms with van der Waals surface area (Å²) in [5.41, 5.74) is 2.22. The molecular weight excluding hydrogens is 300 g/mol. The van der Waals surface area contributed by atoms with E-state index in [0.29, 0.717) is 33.8 Å². The van der Waals surface area contributed by atoms with Gasteiger partial charge in [-0.3, -0.25) is 0 Å². The summed E-state index contributed by atoms with van der Waals surface area (Å²) in [6.45, 7) is 0.124. The van der Waals surface area contributed by atoms with E-state index in [1.54, 1.807) is 55.7 Å². The number of methoxy groups -OCH3 is 1. The van der Waals surface area contributed by atoms with Crippen LogP contribution < -0.4 is 9.47 Å². The van der Waals surface area contributed by atoms with E-state index in [-0.39, 0.29) is 6.61 Å². The molecule has 2 aromatic rings. The molecule has 0 aliphatic rings. The number of hydrogen-bond acceptors (Lipinski definition) is 4. The fourth-order valence-electron chi connectivity index (χ4n) is 2.11. The molecule has 0 amide bonds. The molecule has 0 unspecified atom stereocenters. The van der Waals surface area contributed by atoms with Crippen LogP contribution in [-0.4, -0.2) is 13.7 Å². The Labute approximate surface area is 141 Å². The predicted octanol–water partition coefficient (Wildman–Crippen LogP) is 3.64. The van der Waals surface area contributed by atoms with E-state index in [0.717, 1.165) is 0 Å². The van der Waals surface area contributed by atoms with Gasteiger partial charge in [0.1, 0.15) is 18.1 Å². The second kappa shape index (κ2) is 8.08. The maximum Gasteiger partial charge on any atom is 0.148 e. The van der Waals surface area contributed by atoms with Gasteiger partial charge >= 0.3 is 0 Å². The van der Waals surface area contributed by atoms with E-state index in [1.807, 2.05) is 0 Å². The summed E-state index contributed by atoms with van der Waals surface area (Å²) in [5.74, 6) is 3.60. The Hall–Kier alpha value is -3.68. The molecule has 0 bridgehead atoms. The molecule has 0 heterocycles. The van der Waals surface area contributed by atoms with Crippen LogP contribution in [0.25, 0.3) is 11.6 Å². The van der Waals surface area contributed by atoms with E-state index in [4.69, 9.17) is 21.2 Å². The molecule has 0 aromatic heterocycles. The summed E-state index contributed by atoms with van der Waals surface area (Å²) in [6.07, 6.45) is 6.92. The van der Waals surface area contributed by atoms with E-state index in [9.17, 15) is 5.26 Å². The highest BCUT2D eigenvalue weighted by Gasteiger charge is 2.08. The van der Waals surface area contributed by atoms with Crippen molar-refractivity contribution in [2.75, 3.05) is 13.7 Å². The molecule has 0 N–H and O–H groups in total. The van der Waals surface area contributed by atoms with Crippen molar-refractivity contribution in [3.8, 4) is 36.0 Å². The standard InChI is InChI=1S/C20H14N2O2/c1-3-9-24-20-8-7-19(23-2)12-17(20)11-18(14-22)16-6-4-5-15(10-16)13-21/h1,4-8,10-12H,9H2,2H3/b18-11-. The van der Waals surface area contributed by atoms with Gasteiger partial charge in [0.05, 0.1) is 30.4 Å². The molecule has 24 heavy (non-hydrogen) atoms. The molecule has 4 heteroatoms. The van der Waals surface area contributed by atoms with Crippen molar-refractivity contribution in [2.45, 2.75) is 0 Å². The minimum atomic E-state index is 0.124. The molecule has 0 aliphatic heterocycles. The van der Waals surface area contributed by atoms with Gasteiger partial charge in [-0.1, -0.05) is 18.1 Å². The van der Waals surface area contributed by atoms with Gasteiger partial charge in [0.2, 0.25) is 0 Å². The van der Waals surface area contributed by atoms with Crippen LogP contribution in [0.1, 0.15) is 16.7 Å². The molecule has 0 radical (unpaired) electrons. The van der Waals surface area contributed by atoms with E-state index in [2.05, 4.69) is 18.1 Å². The van der Waals surface area contributed by atoms with Crippen LogP contribution in [0.2, 0.25) is 0 Å². The Morgan fingerprint density at radius 3 is 2.71 bits per heavy atom. The molecule has 116 valence electrons. The van der Waals surface area contributed by atoms with E-state index in [1.165, 1.54) is 0 Å². The minimum Gasteiger partial charge on any atom is -0.497 e. The van der Waals surface area contributed by atoms with Crippen molar-refractivity contribution < 1.29 is 9.47 Å². The minimum absolute atomic E-state index is 0.124. The first-order valence-corrected chi connectivity index (χ1v) is 7.08. The van der Waals surface area contributed by atoms with Gasteiger partial charge in [-0.15, -0.1) is 6.42 Å². The number of hydrogen-bond donors (Lipinski definition) is 0. The highest BCUT2D eigenvalue weighted by atomic mass is 16.5. The summed E-state index contributed by atoms with van der Waals surface area (Å²) >= 11 is 0. The molecule has 0 saturated heterocycles. The van der Waals surface area contributed by atoms with Crippen molar-refractivity contribution in [3.05, 3.63) is 59.2 Å². The number of allylic oxidation sites excluding steroid dienone is 1. The number of benzene rings is 2. The van der Waals surface area contributed by atoms with Gasteiger partial charge in [-0.25, -0.2) is 0 Å². The van der Waals surface area contributed by atoms with Crippen LogP contribution in [0, 0.1) is 35.0 Å². The molecular formula is C20H14N2O2. The number of ether oxygens (including phenoxy) is 2. The topological polar surface area (TPSA) is 66.0 Å². The molecule has 2 aromatic carbocycles. The second-order valence-corrected chi connectivity index (χ2v) is 4.76. The van der Waals surface area contributed by atoms with Gasteiger partial charge < -0.3 is 9.47 Å². The van der Waals surface area contributed by atoms with Crippen LogP contribution in [0.15, 0.2) is 42.5 Å². The van der Waals surface area contributed by atoms with Gasteiger partial charge in [0, 0.05) is 5.56 Å². The Kier molecular flexibility index (Phi) is 5.62. The summed E-state index contributed by atoms with van der Waals surface area (Å²) in [4.78, 5) is 0. The molecule has 0 atom stereocenters. The van der Waals surface area contributed by atoms with Crippen LogP contribution in [-0.2, 0) is 0 Å². The van der Waals surface area contributed by atoms with E-state index < -0.39 is 0 Å². The lowest BCUT2D eigenvalue weighted by molar-refractivity contribution is 0.367. The fourth-order valence-corrected chi connectivity index (χ4v) is 2.11. The Balaban J connectivity index is 2.51. The van der Waals surface area contributed by atoms with Crippen molar-refractivity contribution in [1.82, 2.24) is 0 Å². The van der Waals surface area contributed by atoms with Crippen molar-refractivity contribution in [3.63, 3.8) is 0 Å². The first-order valence-electron chi connectivity index (χ1n) is 7.08. The summed E-state index contributed by atoms with van der Waals surface area (Å²) in [6, 6.07) is 16.3. The third kappa shape index (κ3) is 3.95. The van der Waals surface area contributed by atoms with Gasteiger partial charge in [-0.2, -0.15) is 10.5 Å². The maximum atomic E-state index is 9.49. The molecule has 4 nitrogen and oxygen atoms in total. The quantitative estimate of drug-likeness (QED) is 0.480. The Morgan fingerprint density at radius 1 is 1.21 bits per heavy atom. The first-order chi connectivity index (χ1) is 11.7. The van der Waals surface area contributed by atoms with Crippen LogP contribution in [0.4, 0.5) is 0 Å². The van der Waals surface area contributed by atoms with Gasteiger partial charge in [0.25, 0.3) is 0 Å². The lowest BCUT2D eigenvalue weighted by Crippen LogP contribution is -1.96.